The number of aryl methyl sites for hydroxylation is 2. The lowest BCUT2D eigenvalue weighted by molar-refractivity contribution is 0.464. The first-order chi connectivity index (χ1) is 9.88. The molecule has 21 heavy (non-hydrogen) atoms. The molecule has 0 aliphatic rings. The van der Waals surface area contributed by atoms with Crippen LogP contribution in [0.1, 0.15) is 36.8 Å². The summed E-state index contributed by atoms with van der Waals surface area (Å²) in [5.41, 5.74) is 2.69. The van der Waals surface area contributed by atoms with Crippen LogP contribution in [0.5, 0.6) is 0 Å². The molecule has 1 N–H and O–H groups in total. The van der Waals surface area contributed by atoms with Gasteiger partial charge in [0.25, 0.3) is 0 Å². The normalized spacial score (nSPS) is 12.9. The van der Waals surface area contributed by atoms with E-state index in [4.69, 9.17) is 11.6 Å². The van der Waals surface area contributed by atoms with E-state index in [0.717, 1.165) is 17.0 Å². The zero-order valence-corrected chi connectivity index (χ0v) is 13.4. The number of hydrogen-bond acceptors (Lipinski definition) is 3. The van der Waals surface area contributed by atoms with Crippen LogP contribution in [0.3, 0.4) is 0 Å². The van der Waals surface area contributed by atoms with Crippen molar-refractivity contribution in [1.82, 2.24) is 20.1 Å². The molecule has 0 bridgehead atoms. The average Bonchev–Trinajstić information content (AvgIpc) is 2.65. The first-order valence-corrected chi connectivity index (χ1v) is 7.31. The number of nitrogens with one attached hydrogen (secondary N) is 1. The summed E-state index contributed by atoms with van der Waals surface area (Å²) in [4.78, 5) is 4.19. The van der Waals surface area contributed by atoms with E-state index in [9.17, 15) is 4.39 Å². The Labute approximate surface area is 129 Å². The van der Waals surface area contributed by atoms with Gasteiger partial charge < -0.3 is 5.32 Å². The Morgan fingerprint density at radius 2 is 2.10 bits per heavy atom. The van der Waals surface area contributed by atoms with Crippen molar-refractivity contribution in [2.24, 2.45) is 7.05 Å². The third kappa shape index (κ3) is 3.80. The zero-order chi connectivity index (χ0) is 15.6. The molecule has 2 aromatic rings. The van der Waals surface area contributed by atoms with Crippen molar-refractivity contribution in [2.45, 2.75) is 39.3 Å². The Balaban J connectivity index is 2.30. The maximum Gasteiger partial charge on any atom is 0.141 e. The standard InChI is InChI=1S/C15H20ClFN4/c1-9(2)19-14(13-6-5-11(17)8-18-13)7-12-10(3)20-21(4)15(12)16/h5-6,8-9,14,19H,7H2,1-4H3. The summed E-state index contributed by atoms with van der Waals surface area (Å²) in [6.45, 7) is 6.06. The fourth-order valence-electron chi connectivity index (χ4n) is 2.35. The lowest BCUT2D eigenvalue weighted by atomic mass is 10.0. The Morgan fingerprint density at radius 1 is 1.38 bits per heavy atom. The van der Waals surface area contributed by atoms with Crippen LogP contribution in [0.25, 0.3) is 0 Å². The molecule has 1 unspecified atom stereocenters. The highest BCUT2D eigenvalue weighted by atomic mass is 35.5. The number of rotatable bonds is 5. The van der Waals surface area contributed by atoms with E-state index in [0.29, 0.717) is 11.6 Å². The smallest absolute Gasteiger partial charge is 0.141 e. The van der Waals surface area contributed by atoms with E-state index < -0.39 is 0 Å². The highest BCUT2D eigenvalue weighted by Gasteiger charge is 2.20. The second-order valence-electron chi connectivity index (χ2n) is 5.46. The minimum atomic E-state index is -0.336. The molecule has 0 amide bonds. The van der Waals surface area contributed by atoms with Crippen LogP contribution in [0.15, 0.2) is 18.3 Å². The molecule has 0 radical (unpaired) electrons. The van der Waals surface area contributed by atoms with Crippen molar-refractivity contribution in [1.29, 1.82) is 0 Å². The SMILES string of the molecule is Cc1nn(C)c(Cl)c1CC(NC(C)C)c1ccc(F)cn1. The fourth-order valence-corrected chi connectivity index (χ4v) is 2.61. The quantitative estimate of drug-likeness (QED) is 0.922. The van der Waals surface area contributed by atoms with Gasteiger partial charge in [0, 0.05) is 18.7 Å². The molecule has 0 fully saturated rings. The van der Waals surface area contributed by atoms with Crippen molar-refractivity contribution in [2.75, 3.05) is 0 Å². The molecular weight excluding hydrogens is 291 g/mol. The van der Waals surface area contributed by atoms with Gasteiger partial charge in [-0.2, -0.15) is 5.10 Å². The van der Waals surface area contributed by atoms with Crippen LogP contribution in [0, 0.1) is 12.7 Å². The molecule has 0 spiro atoms. The van der Waals surface area contributed by atoms with Crippen molar-refractivity contribution >= 4 is 11.6 Å². The Bertz CT molecular complexity index is 607. The summed E-state index contributed by atoms with van der Waals surface area (Å²) >= 11 is 6.30. The topological polar surface area (TPSA) is 42.7 Å². The van der Waals surface area contributed by atoms with Crippen LogP contribution in [-0.4, -0.2) is 20.8 Å². The second kappa shape index (κ2) is 6.54. The number of hydrogen-bond donors (Lipinski definition) is 1. The van der Waals surface area contributed by atoms with Gasteiger partial charge >= 0.3 is 0 Å². The first-order valence-electron chi connectivity index (χ1n) is 6.94. The molecular formula is C15H20ClFN4. The molecule has 0 saturated heterocycles. The van der Waals surface area contributed by atoms with Crippen LogP contribution < -0.4 is 5.32 Å². The molecule has 1 atom stereocenters. The molecule has 2 rings (SSSR count). The van der Waals surface area contributed by atoms with Crippen molar-refractivity contribution < 1.29 is 4.39 Å². The van der Waals surface area contributed by atoms with Gasteiger partial charge in [0.15, 0.2) is 0 Å². The average molecular weight is 311 g/mol. The van der Waals surface area contributed by atoms with E-state index in [-0.39, 0.29) is 17.9 Å². The molecule has 0 aromatic carbocycles. The largest absolute Gasteiger partial charge is 0.306 e. The molecule has 0 aliphatic heterocycles. The summed E-state index contributed by atoms with van der Waals surface area (Å²) in [6.07, 6.45) is 1.90. The Morgan fingerprint density at radius 3 is 2.57 bits per heavy atom. The molecule has 2 heterocycles. The van der Waals surface area contributed by atoms with Crippen LogP contribution in [0.4, 0.5) is 4.39 Å². The van der Waals surface area contributed by atoms with Gasteiger partial charge in [-0.25, -0.2) is 4.39 Å². The summed E-state index contributed by atoms with van der Waals surface area (Å²) in [5, 5.41) is 8.40. The summed E-state index contributed by atoms with van der Waals surface area (Å²) in [5.74, 6) is -0.336. The van der Waals surface area contributed by atoms with Gasteiger partial charge in [0.1, 0.15) is 11.0 Å². The molecule has 0 aliphatic carbocycles. The third-order valence-electron chi connectivity index (χ3n) is 3.32. The summed E-state index contributed by atoms with van der Waals surface area (Å²) in [7, 11) is 1.82. The van der Waals surface area contributed by atoms with E-state index in [1.165, 1.54) is 12.3 Å². The number of aromatic nitrogens is 3. The summed E-state index contributed by atoms with van der Waals surface area (Å²) in [6, 6.07) is 3.37. The van der Waals surface area contributed by atoms with Gasteiger partial charge in [-0.15, -0.1) is 0 Å². The lowest BCUT2D eigenvalue weighted by Gasteiger charge is -2.21. The highest BCUT2D eigenvalue weighted by molar-refractivity contribution is 6.30. The maximum absolute atomic E-state index is 13.1. The van der Waals surface area contributed by atoms with Gasteiger partial charge in [-0.05, 0) is 25.5 Å². The van der Waals surface area contributed by atoms with Crippen LogP contribution >= 0.6 is 11.6 Å². The monoisotopic (exact) mass is 310 g/mol. The Kier molecular flexibility index (Phi) is 4.96. The maximum atomic E-state index is 13.1. The summed E-state index contributed by atoms with van der Waals surface area (Å²) < 4.78 is 14.7. The minimum Gasteiger partial charge on any atom is -0.306 e. The van der Waals surface area contributed by atoms with E-state index in [1.54, 1.807) is 10.7 Å². The second-order valence-corrected chi connectivity index (χ2v) is 5.82. The minimum absolute atomic E-state index is 0.0361. The number of pyridine rings is 1. The Hall–Kier alpha value is -1.46. The molecule has 114 valence electrons. The number of halogens is 2. The molecule has 0 saturated carbocycles. The predicted octanol–water partition coefficient (Wildman–Crippen LogP) is 3.20. The van der Waals surface area contributed by atoms with Crippen molar-refractivity contribution in [3.05, 3.63) is 46.3 Å². The van der Waals surface area contributed by atoms with Crippen LogP contribution in [0.2, 0.25) is 5.15 Å². The first kappa shape index (κ1) is 15.9. The van der Waals surface area contributed by atoms with Gasteiger partial charge in [-0.1, -0.05) is 25.4 Å². The molecule has 6 heteroatoms. The van der Waals surface area contributed by atoms with Gasteiger partial charge in [0.2, 0.25) is 0 Å². The lowest BCUT2D eigenvalue weighted by Crippen LogP contribution is -2.30. The highest BCUT2D eigenvalue weighted by Crippen LogP contribution is 2.25. The van der Waals surface area contributed by atoms with Crippen molar-refractivity contribution in [3.63, 3.8) is 0 Å². The number of nitrogens with zero attached hydrogens (tertiary/aromatic N) is 3. The van der Waals surface area contributed by atoms with Gasteiger partial charge in [0.05, 0.1) is 23.6 Å². The van der Waals surface area contributed by atoms with E-state index >= 15 is 0 Å². The molecule has 4 nitrogen and oxygen atoms in total. The van der Waals surface area contributed by atoms with Gasteiger partial charge in [-0.3, -0.25) is 9.67 Å². The zero-order valence-electron chi connectivity index (χ0n) is 12.7. The van der Waals surface area contributed by atoms with Crippen molar-refractivity contribution in [3.8, 4) is 0 Å². The fraction of sp³-hybridized carbons (Fsp3) is 0.467. The van der Waals surface area contributed by atoms with Crippen LogP contribution in [-0.2, 0) is 13.5 Å². The van der Waals surface area contributed by atoms with E-state index in [2.05, 4.69) is 29.2 Å². The van der Waals surface area contributed by atoms with E-state index in [1.807, 2.05) is 14.0 Å². The molecule has 2 aromatic heterocycles. The predicted molar refractivity (Wildman–Crippen MR) is 81.9 cm³/mol. The third-order valence-corrected chi connectivity index (χ3v) is 3.79.